The Balaban J connectivity index is 2.20. The van der Waals surface area contributed by atoms with Crippen molar-refractivity contribution in [3.63, 3.8) is 0 Å². The SMILES string of the molecule is Cn1c(=O)c2c(-c3ccc([N+](=O)[O-])cc3)c3c(nc2n(C)c1=O)CC(C)(C)CC3=O. The van der Waals surface area contributed by atoms with Crippen LogP contribution in [0, 0.1) is 15.5 Å². The molecule has 0 radical (unpaired) electrons. The normalized spacial score (nSPS) is 15.3. The Morgan fingerprint density at radius 1 is 1.00 bits per heavy atom. The summed E-state index contributed by atoms with van der Waals surface area (Å²) in [4.78, 5) is 53.8. The summed E-state index contributed by atoms with van der Waals surface area (Å²) in [5.74, 6) is -0.139. The van der Waals surface area contributed by atoms with E-state index in [0.29, 0.717) is 35.2 Å². The Bertz CT molecular complexity index is 1360. The van der Waals surface area contributed by atoms with Gasteiger partial charge in [-0.3, -0.25) is 28.8 Å². The van der Waals surface area contributed by atoms with Gasteiger partial charge in [0.25, 0.3) is 11.2 Å². The zero-order valence-corrected chi connectivity index (χ0v) is 17.1. The highest BCUT2D eigenvalue weighted by atomic mass is 16.6. The van der Waals surface area contributed by atoms with E-state index in [1.165, 1.54) is 42.9 Å². The Hall–Kier alpha value is -3.62. The minimum atomic E-state index is -0.561. The zero-order chi connectivity index (χ0) is 22.0. The van der Waals surface area contributed by atoms with E-state index in [2.05, 4.69) is 4.98 Å². The van der Waals surface area contributed by atoms with Gasteiger partial charge in [0.2, 0.25) is 0 Å². The molecule has 0 saturated heterocycles. The first-order chi connectivity index (χ1) is 14.0. The molecule has 0 bridgehead atoms. The summed E-state index contributed by atoms with van der Waals surface area (Å²) < 4.78 is 2.26. The van der Waals surface area contributed by atoms with Gasteiger partial charge in [-0.05, 0) is 29.5 Å². The van der Waals surface area contributed by atoms with Crippen LogP contribution in [0.3, 0.4) is 0 Å². The minimum Gasteiger partial charge on any atom is -0.294 e. The first kappa shape index (κ1) is 19.7. The lowest BCUT2D eigenvalue weighted by Crippen LogP contribution is -2.38. The number of Topliss-reactive ketones (excluding diaryl/α,β-unsaturated/α-hetero) is 1. The van der Waals surface area contributed by atoms with Gasteiger partial charge in [0.05, 0.1) is 16.0 Å². The number of fused-ring (bicyclic) bond motifs is 2. The summed E-state index contributed by atoms with van der Waals surface area (Å²) >= 11 is 0. The average Bonchev–Trinajstić information content (AvgIpc) is 2.68. The van der Waals surface area contributed by atoms with Crippen molar-refractivity contribution in [1.82, 2.24) is 14.1 Å². The van der Waals surface area contributed by atoms with E-state index in [4.69, 9.17) is 0 Å². The Morgan fingerprint density at radius 3 is 2.23 bits per heavy atom. The Kier molecular flexibility index (Phi) is 4.23. The number of nitrogens with zero attached hydrogens (tertiary/aromatic N) is 4. The summed E-state index contributed by atoms with van der Waals surface area (Å²) in [5.41, 5.74) is 0.460. The first-order valence-electron chi connectivity index (χ1n) is 9.42. The fourth-order valence-electron chi connectivity index (χ4n) is 4.14. The van der Waals surface area contributed by atoms with Gasteiger partial charge < -0.3 is 0 Å². The highest BCUT2D eigenvalue weighted by Gasteiger charge is 2.36. The highest BCUT2D eigenvalue weighted by molar-refractivity contribution is 6.10. The van der Waals surface area contributed by atoms with Crippen LogP contribution in [0.4, 0.5) is 5.69 Å². The van der Waals surface area contributed by atoms with Crippen LogP contribution in [0.5, 0.6) is 0 Å². The maximum Gasteiger partial charge on any atom is 0.332 e. The van der Waals surface area contributed by atoms with E-state index in [1.54, 1.807) is 0 Å². The lowest BCUT2D eigenvalue weighted by Gasteiger charge is -2.31. The molecule has 0 aliphatic heterocycles. The van der Waals surface area contributed by atoms with Crippen molar-refractivity contribution in [2.75, 3.05) is 0 Å². The van der Waals surface area contributed by atoms with Crippen LogP contribution in [-0.4, -0.2) is 24.8 Å². The topological polar surface area (TPSA) is 117 Å². The van der Waals surface area contributed by atoms with Crippen LogP contribution in [0.2, 0.25) is 0 Å². The van der Waals surface area contributed by atoms with Crippen molar-refractivity contribution in [1.29, 1.82) is 0 Å². The molecule has 0 spiro atoms. The van der Waals surface area contributed by atoms with Crippen LogP contribution in [0.25, 0.3) is 22.2 Å². The molecule has 2 aromatic heterocycles. The number of pyridine rings is 1. The number of ketones is 1. The van der Waals surface area contributed by atoms with E-state index in [-0.39, 0.29) is 27.9 Å². The second-order valence-electron chi connectivity index (χ2n) is 8.46. The van der Waals surface area contributed by atoms with E-state index >= 15 is 0 Å². The maximum absolute atomic E-state index is 13.1. The van der Waals surface area contributed by atoms with Gasteiger partial charge in [-0.2, -0.15) is 0 Å². The number of aryl methyl sites for hydroxylation is 1. The predicted molar refractivity (Wildman–Crippen MR) is 111 cm³/mol. The second kappa shape index (κ2) is 6.45. The van der Waals surface area contributed by atoms with Gasteiger partial charge in [0.15, 0.2) is 5.78 Å². The molecule has 0 saturated carbocycles. The molecular formula is C21H20N4O5. The number of aromatic nitrogens is 3. The molecule has 9 nitrogen and oxygen atoms in total. The summed E-state index contributed by atoms with van der Waals surface area (Å²) in [7, 11) is 2.90. The van der Waals surface area contributed by atoms with Crippen molar-refractivity contribution in [3.8, 4) is 11.1 Å². The van der Waals surface area contributed by atoms with Crippen molar-refractivity contribution >= 4 is 22.5 Å². The average molecular weight is 408 g/mol. The molecule has 9 heteroatoms. The third kappa shape index (κ3) is 2.85. The largest absolute Gasteiger partial charge is 0.332 e. The fourth-order valence-corrected chi connectivity index (χ4v) is 4.14. The standard InChI is InChI=1S/C21H20N4O5/c1-21(2)9-13-16(14(26)10-21)15(11-5-7-12(8-6-11)25(29)30)17-18(22-13)23(3)20(28)24(4)19(17)27/h5-8H,9-10H2,1-4H3. The van der Waals surface area contributed by atoms with Crippen LogP contribution < -0.4 is 11.2 Å². The van der Waals surface area contributed by atoms with Crippen LogP contribution >= 0.6 is 0 Å². The quantitative estimate of drug-likeness (QED) is 0.475. The first-order valence-corrected chi connectivity index (χ1v) is 9.42. The highest BCUT2D eigenvalue weighted by Crippen LogP contribution is 2.40. The predicted octanol–water partition coefficient (Wildman–Crippen LogP) is 2.36. The van der Waals surface area contributed by atoms with Gasteiger partial charge in [-0.1, -0.05) is 13.8 Å². The monoisotopic (exact) mass is 408 g/mol. The molecule has 0 atom stereocenters. The summed E-state index contributed by atoms with van der Waals surface area (Å²) in [6.45, 7) is 3.93. The third-order valence-electron chi connectivity index (χ3n) is 5.59. The molecule has 3 aromatic rings. The molecule has 0 unspecified atom stereocenters. The number of benzene rings is 1. The summed E-state index contributed by atoms with van der Waals surface area (Å²) in [6, 6.07) is 5.70. The van der Waals surface area contributed by atoms with Crippen molar-refractivity contribution in [2.24, 2.45) is 19.5 Å². The number of carbonyl (C=O) groups excluding carboxylic acids is 1. The number of carbonyl (C=O) groups is 1. The summed E-state index contributed by atoms with van der Waals surface area (Å²) in [5, 5.41) is 11.2. The molecule has 0 amide bonds. The number of non-ortho nitro benzene ring substituents is 1. The summed E-state index contributed by atoms with van der Waals surface area (Å²) in [6.07, 6.45) is 0.798. The molecule has 30 heavy (non-hydrogen) atoms. The van der Waals surface area contributed by atoms with Gasteiger partial charge in [-0.15, -0.1) is 0 Å². The van der Waals surface area contributed by atoms with Crippen LogP contribution in [0.15, 0.2) is 33.9 Å². The van der Waals surface area contributed by atoms with E-state index in [9.17, 15) is 24.5 Å². The van der Waals surface area contributed by atoms with Crippen molar-refractivity contribution < 1.29 is 9.72 Å². The number of rotatable bonds is 2. The smallest absolute Gasteiger partial charge is 0.294 e. The fraction of sp³-hybridized carbons (Fsp3) is 0.333. The molecule has 1 aliphatic rings. The molecule has 1 aromatic carbocycles. The van der Waals surface area contributed by atoms with Crippen molar-refractivity contribution in [2.45, 2.75) is 26.7 Å². The number of hydrogen-bond acceptors (Lipinski definition) is 6. The third-order valence-corrected chi connectivity index (χ3v) is 5.59. The maximum atomic E-state index is 13.1. The van der Waals surface area contributed by atoms with Gasteiger partial charge >= 0.3 is 5.69 Å². The van der Waals surface area contributed by atoms with Crippen LogP contribution in [-0.2, 0) is 20.5 Å². The number of nitro benzene ring substituents is 1. The van der Waals surface area contributed by atoms with Gasteiger partial charge in [0, 0.05) is 43.8 Å². The number of hydrogen-bond donors (Lipinski definition) is 0. The number of nitro groups is 1. The lowest BCUT2D eigenvalue weighted by atomic mass is 9.73. The lowest BCUT2D eigenvalue weighted by molar-refractivity contribution is -0.384. The van der Waals surface area contributed by atoms with Crippen molar-refractivity contribution in [3.05, 3.63) is 66.5 Å². The van der Waals surface area contributed by atoms with Crippen LogP contribution in [0.1, 0.15) is 36.3 Å². The molecule has 0 fully saturated rings. The molecule has 1 aliphatic carbocycles. The van der Waals surface area contributed by atoms with E-state index in [0.717, 1.165) is 4.57 Å². The Morgan fingerprint density at radius 2 is 1.63 bits per heavy atom. The molecule has 0 N–H and O–H groups in total. The Labute approximate surface area is 170 Å². The van der Waals surface area contributed by atoms with E-state index in [1.807, 2.05) is 13.8 Å². The molecule has 2 heterocycles. The molecular weight excluding hydrogens is 388 g/mol. The molecule has 4 rings (SSSR count). The van der Waals surface area contributed by atoms with Gasteiger partial charge in [0.1, 0.15) is 5.65 Å². The van der Waals surface area contributed by atoms with E-state index < -0.39 is 16.2 Å². The zero-order valence-electron chi connectivity index (χ0n) is 17.1. The van der Waals surface area contributed by atoms with Gasteiger partial charge in [-0.25, -0.2) is 9.78 Å². The molecule has 154 valence electrons. The minimum absolute atomic E-state index is 0.0984. The second-order valence-corrected chi connectivity index (χ2v) is 8.46.